The summed E-state index contributed by atoms with van der Waals surface area (Å²) in [5.41, 5.74) is 7.21. The number of nitrogens with zero attached hydrogens (tertiary/aromatic N) is 4. The van der Waals surface area contributed by atoms with Crippen LogP contribution in [0.2, 0.25) is 10.0 Å². The van der Waals surface area contributed by atoms with Crippen LogP contribution in [-0.4, -0.2) is 58.1 Å². The maximum atomic E-state index is 13.8. The largest absolute Gasteiger partial charge is 0.462 e. The van der Waals surface area contributed by atoms with Crippen molar-refractivity contribution in [2.24, 2.45) is 5.11 Å². The van der Waals surface area contributed by atoms with Gasteiger partial charge in [0.15, 0.2) is 0 Å². The SMILES string of the molecule is CC(C)OC(=O)[C@H](C)NP(=O)(OC[C@@H](O[C@@H](CN=[N+]=[N-])n1ccc(=O)[nH]c1=O)C(C)O)Oc1ccc(Cl)c(Cl)c1. The predicted molar refractivity (Wildman–Crippen MR) is 145 cm³/mol. The van der Waals surface area contributed by atoms with Crippen molar-refractivity contribution >= 4 is 36.9 Å². The number of azide groups is 1. The minimum absolute atomic E-state index is 0.0230. The van der Waals surface area contributed by atoms with E-state index in [1.807, 2.05) is 4.98 Å². The zero-order valence-corrected chi connectivity index (χ0v) is 24.3. The first kappa shape index (κ1) is 33.3. The van der Waals surface area contributed by atoms with Gasteiger partial charge in [-0.1, -0.05) is 28.3 Å². The molecule has 0 saturated carbocycles. The van der Waals surface area contributed by atoms with Crippen LogP contribution in [0.25, 0.3) is 10.4 Å². The third-order valence-corrected chi connectivity index (χ3v) is 7.30. The summed E-state index contributed by atoms with van der Waals surface area (Å²) in [7, 11) is -4.42. The number of esters is 1. The average molecular weight is 623 g/mol. The molecule has 1 aromatic heterocycles. The summed E-state index contributed by atoms with van der Waals surface area (Å²) in [5.74, 6) is -0.767. The smallest absolute Gasteiger partial charge is 0.459 e. The minimum atomic E-state index is -4.42. The first-order chi connectivity index (χ1) is 18.7. The molecular formula is C22H29Cl2N6O9P. The fourth-order valence-corrected chi connectivity index (χ4v) is 4.79. The highest BCUT2D eigenvalue weighted by atomic mass is 35.5. The van der Waals surface area contributed by atoms with Gasteiger partial charge in [-0.2, -0.15) is 5.09 Å². The number of carbonyl (C=O) groups is 1. The van der Waals surface area contributed by atoms with Gasteiger partial charge in [-0.05, 0) is 45.4 Å². The number of nitrogens with one attached hydrogen (secondary N) is 2. The van der Waals surface area contributed by atoms with E-state index in [0.717, 1.165) is 16.8 Å². The van der Waals surface area contributed by atoms with Crippen LogP contribution in [0.4, 0.5) is 0 Å². The number of halogens is 2. The lowest BCUT2D eigenvalue weighted by Gasteiger charge is -2.29. The van der Waals surface area contributed by atoms with Crippen molar-refractivity contribution in [2.75, 3.05) is 13.2 Å². The summed E-state index contributed by atoms with van der Waals surface area (Å²) in [4.78, 5) is 40.8. The van der Waals surface area contributed by atoms with Gasteiger partial charge in [0.05, 0.1) is 35.4 Å². The van der Waals surface area contributed by atoms with E-state index in [9.17, 15) is 24.1 Å². The molecule has 18 heteroatoms. The molecule has 0 aliphatic heterocycles. The van der Waals surface area contributed by atoms with Crippen LogP contribution in [0, 0.1) is 0 Å². The maximum absolute atomic E-state index is 13.8. The molecule has 0 aliphatic carbocycles. The van der Waals surface area contributed by atoms with Crippen molar-refractivity contribution in [2.45, 2.75) is 58.3 Å². The van der Waals surface area contributed by atoms with Gasteiger partial charge in [0.1, 0.15) is 24.1 Å². The molecule has 0 radical (unpaired) electrons. The molecule has 2 aromatic rings. The molecule has 40 heavy (non-hydrogen) atoms. The Morgan fingerprint density at radius 3 is 2.50 bits per heavy atom. The quantitative estimate of drug-likeness (QED) is 0.0864. The number of carbonyl (C=O) groups excluding carboxylic acids is 1. The molecule has 2 unspecified atom stereocenters. The van der Waals surface area contributed by atoms with Gasteiger partial charge in [-0.15, -0.1) is 0 Å². The summed E-state index contributed by atoms with van der Waals surface area (Å²) >= 11 is 12.0. The third kappa shape index (κ3) is 10.3. The minimum Gasteiger partial charge on any atom is -0.462 e. The van der Waals surface area contributed by atoms with E-state index in [2.05, 4.69) is 15.1 Å². The van der Waals surface area contributed by atoms with Crippen molar-refractivity contribution < 1.29 is 33.0 Å². The van der Waals surface area contributed by atoms with Gasteiger partial charge in [0.2, 0.25) is 0 Å². The highest BCUT2D eigenvalue weighted by molar-refractivity contribution is 7.52. The molecule has 0 fully saturated rings. The van der Waals surface area contributed by atoms with Crippen LogP contribution in [0.15, 0.2) is 45.2 Å². The number of hydrogen-bond donors (Lipinski definition) is 3. The van der Waals surface area contributed by atoms with Crippen molar-refractivity contribution in [3.8, 4) is 5.75 Å². The number of rotatable bonds is 15. The van der Waals surface area contributed by atoms with Gasteiger partial charge in [-0.3, -0.25) is 23.7 Å². The second-order valence-electron chi connectivity index (χ2n) is 8.60. The van der Waals surface area contributed by atoms with E-state index >= 15 is 0 Å². The summed E-state index contributed by atoms with van der Waals surface area (Å²) in [5, 5.41) is 16.5. The van der Waals surface area contributed by atoms with Gasteiger partial charge in [0, 0.05) is 23.2 Å². The van der Waals surface area contributed by atoms with Crippen LogP contribution in [0.1, 0.15) is 33.9 Å². The number of hydrogen-bond acceptors (Lipinski definition) is 10. The van der Waals surface area contributed by atoms with Crippen LogP contribution in [0.3, 0.4) is 0 Å². The zero-order chi connectivity index (χ0) is 30.0. The van der Waals surface area contributed by atoms with E-state index < -0.39 is 68.7 Å². The number of ether oxygens (including phenoxy) is 2. The number of aromatic amines is 1. The summed E-state index contributed by atoms with van der Waals surface area (Å²) < 4.78 is 36.7. The molecule has 0 spiro atoms. The lowest BCUT2D eigenvalue weighted by Crippen LogP contribution is -2.40. The average Bonchev–Trinajstić information content (AvgIpc) is 2.85. The Hall–Kier alpha value is -2.87. The molecule has 15 nitrogen and oxygen atoms in total. The fourth-order valence-electron chi connectivity index (χ4n) is 3.01. The van der Waals surface area contributed by atoms with Gasteiger partial charge in [0.25, 0.3) is 5.56 Å². The second-order valence-corrected chi connectivity index (χ2v) is 11.1. The van der Waals surface area contributed by atoms with Crippen LogP contribution in [-0.2, 0) is 23.4 Å². The molecule has 0 amide bonds. The van der Waals surface area contributed by atoms with E-state index in [1.165, 1.54) is 32.0 Å². The Kier molecular flexibility index (Phi) is 12.7. The second kappa shape index (κ2) is 15.2. The third-order valence-electron chi connectivity index (χ3n) is 4.92. The first-order valence-corrected chi connectivity index (χ1v) is 14.1. The van der Waals surface area contributed by atoms with E-state index in [-0.39, 0.29) is 15.8 Å². The normalized spacial score (nSPS) is 15.8. The number of H-pyrrole nitrogens is 1. The number of aliphatic hydroxyl groups is 1. The highest BCUT2D eigenvalue weighted by Gasteiger charge is 2.35. The Balaban J connectivity index is 2.34. The number of benzene rings is 1. The molecule has 5 atom stereocenters. The predicted octanol–water partition coefficient (Wildman–Crippen LogP) is 3.55. The fraction of sp³-hybridized carbons (Fsp3) is 0.500. The summed E-state index contributed by atoms with van der Waals surface area (Å²) in [6.07, 6.45) is -3.21. The van der Waals surface area contributed by atoms with Crippen LogP contribution in [0.5, 0.6) is 5.75 Å². The Morgan fingerprint density at radius 2 is 1.93 bits per heavy atom. The molecular weight excluding hydrogens is 594 g/mol. The molecule has 1 heterocycles. The topological polar surface area (TPSA) is 207 Å². The Bertz CT molecular complexity index is 1380. The zero-order valence-electron chi connectivity index (χ0n) is 21.9. The van der Waals surface area contributed by atoms with Crippen molar-refractivity contribution in [3.63, 3.8) is 0 Å². The standard InChI is InChI=1S/C22H29Cl2N6O9P/c1-12(2)37-21(33)13(3)28-40(35,39-15-5-6-16(23)17(24)9-15)36-11-18(14(4)31)38-20(10-26-29-25)30-8-7-19(32)27-22(30)34/h5-9,12-14,18,20,31H,10-11H2,1-4H3,(H,28,35)(H,27,32,34)/t13-,14?,18+,20-,40?/m0/s1. The number of aromatic nitrogens is 2. The number of aliphatic hydroxyl groups excluding tert-OH is 1. The Morgan fingerprint density at radius 1 is 1.23 bits per heavy atom. The van der Waals surface area contributed by atoms with E-state index in [1.54, 1.807) is 13.8 Å². The summed E-state index contributed by atoms with van der Waals surface area (Å²) in [6.45, 7) is 4.95. The highest BCUT2D eigenvalue weighted by Crippen LogP contribution is 2.46. The van der Waals surface area contributed by atoms with Gasteiger partial charge < -0.3 is 19.1 Å². The van der Waals surface area contributed by atoms with Crippen molar-refractivity contribution in [1.29, 1.82) is 0 Å². The molecule has 0 aliphatic rings. The Labute approximate surface area is 238 Å². The van der Waals surface area contributed by atoms with Crippen molar-refractivity contribution in [3.05, 3.63) is 71.8 Å². The van der Waals surface area contributed by atoms with E-state index in [4.69, 9.17) is 47.3 Å². The first-order valence-electron chi connectivity index (χ1n) is 11.8. The van der Waals surface area contributed by atoms with Crippen LogP contribution >= 0.6 is 30.9 Å². The molecule has 0 bridgehead atoms. The van der Waals surface area contributed by atoms with Gasteiger partial charge >= 0.3 is 19.4 Å². The lowest BCUT2D eigenvalue weighted by atomic mass is 10.2. The molecule has 1 aromatic carbocycles. The molecule has 3 N–H and O–H groups in total. The molecule has 2 rings (SSSR count). The summed E-state index contributed by atoms with van der Waals surface area (Å²) in [6, 6.07) is 3.91. The van der Waals surface area contributed by atoms with Gasteiger partial charge in [-0.25, -0.2) is 9.36 Å². The molecule has 220 valence electrons. The monoisotopic (exact) mass is 622 g/mol. The maximum Gasteiger partial charge on any atom is 0.459 e. The lowest BCUT2D eigenvalue weighted by molar-refractivity contribution is -0.149. The van der Waals surface area contributed by atoms with Crippen LogP contribution < -0.4 is 20.9 Å². The van der Waals surface area contributed by atoms with E-state index in [0.29, 0.717) is 0 Å². The van der Waals surface area contributed by atoms with Crippen molar-refractivity contribution in [1.82, 2.24) is 14.6 Å². The molecule has 0 saturated heterocycles.